The monoisotopic (exact) mass is 156 g/mol. The predicted molar refractivity (Wildman–Crippen MR) is 48.8 cm³/mol. The van der Waals surface area contributed by atoms with E-state index < -0.39 is 0 Å². The molecule has 0 bridgehead atoms. The fourth-order valence-electron chi connectivity index (χ4n) is 1.89. The standard InChI is InChI=1S/C9H20N2/c1-3-11(4-2)9-6-5-7-10-8-9/h9-10H,3-8H2,1-2H3. The molecule has 0 radical (unpaired) electrons. The Labute approximate surface area is 70.0 Å². The molecule has 0 aromatic heterocycles. The maximum atomic E-state index is 3.44. The Morgan fingerprint density at radius 1 is 1.36 bits per heavy atom. The normalized spacial score (nSPS) is 25.9. The fraction of sp³-hybridized carbons (Fsp3) is 1.00. The highest BCUT2D eigenvalue weighted by Gasteiger charge is 2.17. The zero-order chi connectivity index (χ0) is 8.10. The Morgan fingerprint density at radius 2 is 2.09 bits per heavy atom. The zero-order valence-corrected chi connectivity index (χ0v) is 7.77. The van der Waals surface area contributed by atoms with E-state index in [0.29, 0.717) is 0 Å². The van der Waals surface area contributed by atoms with Crippen molar-refractivity contribution in [2.45, 2.75) is 32.7 Å². The van der Waals surface area contributed by atoms with Gasteiger partial charge in [-0.1, -0.05) is 13.8 Å². The third-order valence-electron chi connectivity index (χ3n) is 2.60. The van der Waals surface area contributed by atoms with Gasteiger partial charge in [-0.15, -0.1) is 0 Å². The topological polar surface area (TPSA) is 15.3 Å². The Morgan fingerprint density at radius 3 is 2.55 bits per heavy atom. The second kappa shape index (κ2) is 4.73. The first-order valence-electron chi connectivity index (χ1n) is 4.83. The van der Waals surface area contributed by atoms with Crippen LogP contribution in [0.5, 0.6) is 0 Å². The maximum absolute atomic E-state index is 3.44. The summed E-state index contributed by atoms with van der Waals surface area (Å²) >= 11 is 0. The number of rotatable bonds is 3. The minimum atomic E-state index is 0.804. The number of hydrogen-bond donors (Lipinski definition) is 1. The van der Waals surface area contributed by atoms with Crippen LogP contribution in [0.1, 0.15) is 26.7 Å². The molecule has 1 fully saturated rings. The van der Waals surface area contributed by atoms with Crippen molar-refractivity contribution >= 4 is 0 Å². The van der Waals surface area contributed by atoms with Crippen molar-refractivity contribution in [2.24, 2.45) is 0 Å². The predicted octanol–water partition coefficient (Wildman–Crippen LogP) is 1.08. The molecule has 1 rings (SSSR count). The average molecular weight is 156 g/mol. The summed E-state index contributed by atoms with van der Waals surface area (Å²) in [7, 11) is 0. The summed E-state index contributed by atoms with van der Waals surface area (Å²) in [6.07, 6.45) is 2.73. The molecular formula is C9H20N2. The molecular weight excluding hydrogens is 136 g/mol. The first-order valence-corrected chi connectivity index (χ1v) is 4.83. The first-order chi connectivity index (χ1) is 5.38. The van der Waals surface area contributed by atoms with Crippen LogP contribution in [0.4, 0.5) is 0 Å². The van der Waals surface area contributed by atoms with Crippen LogP contribution in [0.2, 0.25) is 0 Å². The van der Waals surface area contributed by atoms with E-state index in [1.165, 1.54) is 39.0 Å². The van der Waals surface area contributed by atoms with Gasteiger partial charge in [-0.25, -0.2) is 0 Å². The van der Waals surface area contributed by atoms with E-state index in [1.54, 1.807) is 0 Å². The van der Waals surface area contributed by atoms with E-state index in [2.05, 4.69) is 24.1 Å². The van der Waals surface area contributed by atoms with Gasteiger partial charge in [0.2, 0.25) is 0 Å². The largest absolute Gasteiger partial charge is 0.315 e. The van der Waals surface area contributed by atoms with E-state index in [1.807, 2.05) is 0 Å². The Balaban J connectivity index is 2.30. The van der Waals surface area contributed by atoms with Crippen molar-refractivity contribution in [2.75, 3.05) is 26.2 Å². The molecule has 1 unspecified atom stereocenters. The Hall–Kier alpha value is -0.0800. The molecule has 66 valence electrons. The van der Waals surface area contributed by atoms with Gasteiger partial charge in [-0.2, -0.15) is 0 Å². The molecule has 0 spiro atoms. The minimum absolute atomic E-state index is 0.804. The van der Waals surface area contributed by atoms with E-state index in [4.69, 9.17) is 0 Å². The molecule has 0 saturated carbocycles. The van der Waals surface area contributed by atoms with Crippen molar-refractivity contribution in [3.8, 4) is 0 Å². The van der Waals surface area contributed by atoms with E-state index in [-0.39, 0.29) is 0 Å². The summed E-state index contributed by atoms with van der Waals surface area (Å²) in [4.78, 5) is 2.55. The van der Waals surface area contributed by atoms with E-state index >= 15 is 0 Å². The lowest BCUT2D eigenvalue weighted by atomic mass is 10.1. The van der Waals surface area contributed by atoms with Gasteiger partial charge in [0, 0.05) is 12.6 Å². The van der Waals surface area contributed by atoms with Crippen molar-refractivity contribution in [1.29, 1.82) is 0 Å². The quantitative estimate of drug-likeness (QED) is 0.658. The molecule has 0 aromatic carbocycles. The number of hydrogen-bond acceptors (Lipinski definition) is 2. The maximum Gasteiger partial charge on any atom is 0.0220 e. The number of nitrogens with one attached hydrogen (secondary N) is 1. The van der Waals surface area contributed by atoms with Crippen LogP contribution in [0.3, 0.4) is 0 Å². The highest BCUT2D eigenvalue weighted by molar-refractivity contribution is 4.76. The smallest absolute Gasteiger partial charge is 0.0220 e. The summed E-state index contributed by atoms with van der Waals surface area (Å²) in [6, 6.07) is 0.804. The molecule has 1 heterocycles. The van der Waals surface area contributed by atoms with Gasteiger partial charge in [0.15, 0.2) is 0 Å². The molecule has 0 aliphatic carbocycles. The van der Waals surface area contributed by atoms with Gasteiger partial charge in [0.25, 0.3) is 0 Å². The van der Waals surface area contributed by atoms with Gasteiger partial charge >= 0.3 is 0 Å². The third-order valence-corrected chi connectivity index (χ3v) is 2.60. The van der Waals surface area contributed by atoms with Gasteiger partial charge in [-0.3, -0.25) is 4.90 Å². The summed E-state index contributed by atoms with van der Waals surface area (Å²) in [5.74, 6) is 0. The molecule has 2 heteroatoms. The van der Waals surface area contributed by atoms with Crippen LogP contribution in [-0.4, -0.2) is 37.1 Å². The molecule has 1 atom stereocenters. The molecule has 1 aliphatic heterocycles. The molecule has 0 aromatic rings. The second-order valence-electron chi connectivity index (χ2n) is 3.22. The van der Waals surface area contributed by atoms with Gasteiger partial charge in [-0.05, 0) is 32.5 Å². The minimum Gasteiger partial charge on any atom is -0.315 e. The number of likely N-dealkylation sites (N-methyl/N-ethyl adjacent to an activating group) is 1. The van der Waals surface area contributed by atoms with Gasteiger partial charge < -0.3 is 5.32 Å². The summed E-state index contributed by atoms with van der Waals surface area (Å²) in [5, 5.41) is 3.44. The lowest BCUT2D eigenvalue weighted by Gasteiger charge is -2.32. The molecule has 11 heavy (non-hydrogen) atoms. The molecule has 1 saturated heterocycles. The van der Waals surface area contributed by atoms with E-state index in [0.717, 1.165) is 6.04 Å². The van der Waals surface area contributed by atoms with Crippen molar-refractivity contribution in [3.05, 3.63) is 0 Å². The van der Waals surface area contributed by atoms with Crippen molar-refractivity contribution < 1.29 is 0 Å². The van der Waals surface area contributed by atoms with Crippen LogP contribution in [-0.2, 0) is 0 Å². The molecule has 1 N–H and O–H groups in total. The highest BCUT2D eigenvalue weighted by atomic mass is 15.2. The average Bonchev–Trinajstić information content (AvgIpc) is 2.09. The fourth-order valence-corrected chi connectivity index (χ4v) is 1.89. The number of piperidine rings is 1. The number of nitrogens with zero attached hydrogens (tertiary/aromatic N) is 1. The van der Waals surface area contributed by atoms with Crippen molar-refractivity contribution in [3.63, 3.8) is 0 Å². The van der Waals surface area contributed by atoms with Crippen LogP contribution in [0.15, 0.2) is 0 Å². The van der Waals surface area contributed by atoms with Crippen LogP contribution in [0, 0.1) is 0 Å². The van der Waals surface area contributed by atoms with Crippen LogP contribution in [0.25, 0.3) is 0 Å². The van der Waals surface area contributed by atoms with Crippen LogP contribution < -0.4 is 5.32 Å². The lowest BCUT2D eigenvalue weighted by molar-refractivity contribution is 0.182. The Kier molecular flexibility index (Phi) is 3.87. The second-order valence-corrected chi connectivity index (χ2v) is 3.22. The summed E-state index contributed by atoms with van der Waals surface area (Å²) in [5.41, 5.74) is 0. The molecule has 2 nitrogen and oxygen atoms in total. The van der Waals surface area contributed by atoms with Gasteiger partial charge in [0.05, 0.1) is 0 Å². The SMILES string of the molecule is CCN(CC)C1CCCNC1. The van der Waals surface area contributed by atoms with E-state index in [9.17, 15) is 0 Å². The zero-order valence-electron chi connectivity index (χ0n) is 7.77. The molecule has 0 amide bonds. The van der Waals surface area contributed by atoms with Gasteiger partial charge in [0.1, 0.15) is 0 Å². The third kappa shape index (κ3) is 2.46. The summed E-state index contributed by atoms with van der Waals surface area (Å²) < 4.78 is 0. The molecule has 1 aliphatic rings. The highest BCUT2D eigenvalue weighted by Crippen LogP contribution is 2.08. The van der Waals surface area contributed by atoms with Crippen LogP contribution >= 0.6 is 0 Å². The lowest BCUT2D eigenvalue weighted by Crippen LogP contribution is -2.45. The first kappa shape index (κ1) is 9.01. The van der Waals surface area contributed by atoms with Crippen molar-refractivity contribution in [1.82, 2.24) is 10.2 Å². The summed E-state index contributed by atoms with van der Waals surface area (Å²) in [6.45, 7) is 9.31. The Bertz CT molecular complexity index is 93.7.